The Kier molecular flexibility index (Phi) is 5.85. The molecule has 0 unspecified atom stereocenters. The summed E-state index contributed by atoms with van der Waals surface area (Å²) in [6.45, 7) is 3.60. The number of aromatic nitrogens is 1. The summed E-state index contributed by atoms with van der Waals surface area (Å²) in [6.07, 6.45) is 0. The zero-order chi connectivity index (χ0) is 18.5. The van der Waals surface area contributed by atoms with Crippen molar-refractivity contribution in [2.45, 2.75) is 6.92 Å². The Morgan fingerprint density at radius 1 is 1.15 bits per heavy atom. The molecule has 1 aromatic heterocycles. The molecule has 0 radical (unpaired) electrons. The maximum atomic E-state index is 11.9. The molecule has 0 atom stereocenters. The minimum absolute atomic E-state index is 0.341. The molecule has 3 rings (SSSR count). The number of thiazole rings is 1. The Hall–Kier alpha value is -2.44. The summed E-state index contributed by atoms with van der Waals surface area (Å²) in [4.78, 5) is 18.4. The standard InChI is InChI=1S/C20H22N2O3S/c1-4-24-20(23)17-13-26-19(21-17)16-9-10-18(25-12-11-22(2)3)15-8-6-5-7-14(15)16/h5-10,13H,4,11-12H2,1-3H3. The second-order valence-electron chi connectivity index (χ2n) is 6.07. The van der Waals surface area contributed by atoms with E-state index in [4.69, 9.17) is 9.47 Å². The van der Waals surface area contributed by atoms with E-state index in [1.54, 1.807) is 12.3 Å². The first-order valence-corrected chi connectivity index (χ1v) is 9.40. The fourth-order valence-electron chi connectivity index (χ4n) is 2.62. The molecule has 5 nitrogen and oxygen atoms in total. The third-order valence-corrected chi connectivity index (χ3v) is 4.77. The zero-order valence-corrected chi connectivity index (χ0v) is 16.0. The molecular formula is C20H22N2O3S. The van der Waals surface area contributed by atoms with Gasteiger partial charge in [-0.2, -0.15) is 0 Å². The number of hydrogen-bond acceptors (Lipinski definition) is 6. The highest BCUT2D eigenvalue weighted by atomic mass is 32.1. The lowest BCUT2D eigenvalue weighted by Crippen LogP contribution is -2.19. The maximum absolute atomic E-state index is 11.9. The number of carbonyl (C=O) groups excluding carboxylic acids is 1. The Bertz CT molecular complexity index is 905. The smallest absolute Gasteiger partial charge is 0.357 e. The van der Waals surface area contributed by atoms with Gasteiger partial charge in [-0.05, 0) is 38.5 Å². The van der Waals surface area contributed by atoms with Crippen LogP contribution in [0.15, 0.2) is 41.8 Å². The van der Waals surface area contributed by atoms with Crippen LogP contribution in [0.25, 0.3) is 21.3 Å². The number of rotatable bonds is 7. The first-order chi connectivity index (χ1) is 12.6. The van der Waals surface area contributed by atoms with Gasteiger partial charge in [-0.3, -0.25) is 0 Å². The normalized spacial score (nSPS) is 11.1. The summed E-state index contributed by atoms with van der Waals surface area (Å²) >= 11 is 1.44. The Morgan fingerprint density at radius 2 is 1.92 bits per heavy atom. The van der Waals surface area contributed by atoms with Crippen LogP contribution < -0.4 is 4.74 Å². The summed E-state index contributed by atoms with van der Waals surface area (Å²) in [5.74, 6) is 0.469. The van der Waals surface area contributed by atoms with Gasteiger partial charge >= 0.3 is 5.97 Å². The van der Waals surface area contributed by atoms with Crippen LogP contribution in [-0.4, -0.2) is 49.7 Å². The van der Waals surface area contributed by atoms with E-state index in [9.17, 15) is 4.79 Å². The van der Waals surface area contributed by atoms with E-state index >= 15 is 0 Å². The summed E-state index contributed by atoms with van der Waals surface area (Å²) in [5.41, 5.74) is 1.34. The van der Waals surface area contributed by atoms with Crippen molar-refractivity contribution in [3.05, 3.63) is 47.5 Å². The lowest BCUT2D eigenvalue weighted by Gasteiger charge is -2.14. The van der Waals surface area contributed by atoms with Crippen LogP contribution in [0.3, 0.4) is 0 Å². The van der Waals surface area contributed by atoms with Gasteiger partial charge in [0.15, 0.2) is 5.69 Å². The summed E-state index contributed by atoms with van der Waals surface area (Å²) in [7, 11) is 4.04. The van der Waals surface area contributed by atoms with E-state index in [-0.39, 0.29) is 5.97 Å². The van der Waals surface area contributed by atoms with Crippen LogP contribution in [0.1, 0.15) is 17.4 Å². The molecule has 6 heteroatoms. The predicted octanol–water partition coefficient (Wildman–Crippen LogP) is 4.08. The molecule has 0 amide bonds. The van der Waals surface area contributed by atoms with Crippen molar-refractivity contribution in [3.8, 4) is 16.3 Å². The molecule has 136 valence electrons. The van der Waals surface area contributed by atoms with Crippen molar-refractivity contribution < 1.29 is 14.3 Å². The van der Waals surface area contributed by atoms with E-state index < -0.39 is 0 Å². The van der Waals surface area contributed by atoms with Gasteiger partial charge in [0.2, 0.25) is 0 Å². The first-order valence-electron chi connectivity index (χ1n) is 8.52. The number of benzene rings is 2. The molecule has 0 saturated heterocycles. The van der Waals surface area contributed by atoms with E-state index in [1.807, 2.05) is 44.4 Å². The van der Waals surface area contributed by atoms with Crippen LogP contribution in [0, 0.1) is 0 Å². The van der Waals surface area contributed by atoms with Crippen molar-refractivity contribution in [3.63, 3.8) is 0 Å². The first kappa shape index (κ1) is 18.4. The van der Waals surface area contributed by atoms with Crippen LogP contribution >= 0.6 is 11.3 Å². The average Bonchev–Trinajstić information content (AvgIpc) is 3.12. The largest absolute Gasteiger partial charge is 0.492 e. The van der Waals surface area contributed by atoms with E-state index in [0.29, 0.717) is 18.9 Å². The van der Waals surface area contributed by atoms with Gasteiger partial charge in [0.25, 0.3) is 0 Å². The second kappa shape index (κ2) is 8.29. The number of hydrogen-bond donors (Lipinski definition) is 0. The molecule has 0 aliphatic carbocycles. The lowest BCUT2D eigenvalue weighted by molar-refractivity contribution is 0.0520. The molecule has 26 heavy (non-hydrogen) atoms. The Morgan fingerprint density at radius 3 is 2.65 bits per heavy atom. The highest BCUT2D eigenvalue weighted by Gasteiger charge is 2.15. The van der Waals surface area contributed by atoms with Crippen LogP contribution in [0.2, 0.25) is 0 Å². The molecule has 0 N–H and O–H groups in total. The second-order valence-corrected chi connectivity index (χ2v) is 6.93. The van der Waals surface area contributed by atoms with Crippen LogP contribution in [-0.2, 0) is 4.74 Å². The highest BCUT2D eigenvalue weighted by Crippen LogP contribution is 2.35. The third-order valence-electron chi connectivity index (χ3n) is 3.90. The maximum Gasteiger partial charge on any atom is 0.357 e. The van der Waals surface area contributed by atoms with Crippen molar-refractivity contribution in [1.29, 1.82) is 0 Å². The fourth-order valence-corrected chi connectivity index (χ4v) is 3.45. The predicted molar refractivity (Wildman–Crippen MR) is 105 cm³/mol. The van der Waals surface area contributed by atoms with Crippen LogP contribution in [0.4, 0.5) is 0 Å². The van der Waals surface area contributed by atoms with E-state index in [1.165, 1.54) is 11.3 Å². The molecule has 3 aromatic rings. The van der Waals surface area contributed by atoms with Gasteiger partial charge in [-0.1, -0.05) is 24.3 Å². The van der Waals surface area contributed by atoms with Crippen molar-refractivity contribution in [2.75, 3.05) is 33.9 Å². The summed E-state index contributed by atoms with van der Waals surface area (Å²) in [6, 6.07) is 12.1. The number of carbonyl (C=O) groups is 1. The van der Waals surface area contributed by atoms with Crippen molar-refractivity contribution >= 4 is 28.1 Å². The Balaban J connectivity index is 1.94. The SMILES string of the molecule is CCOC(=O)c1csc(-c2ccc(OCCN(C)C)c3ccccc23)n1. The monoisotopic (exact) mass is 370 g/mol. The molecule has 2 aromatic carbocycles. The number of esters is 1. The molecule has 0 saturated carbocycles. The summed E-state index contributed by atoms with van der Waals surface area (Å²) in [5, 5.41) is 4.63. The van der Waals surface area contributed by atoms with Gasteiger partial charge < -0.3 is 14.4 Å². The molecule has 0 aliphatic rings. The molecule has 0 fully saturated rings. The topological polar surface area (TPSA) is 51.7 Å². The molecule has 0 aliphatic heterocycles. The van der Waals surface area contributed by atoms with E-state index in [0.717, 1.165) is 33.6 Å². The van der Waals surface area contributed by atoms with Crippen LogP contribution in [0.5, 0.6) is 5.75 Å². The minimum atomic E-state index is -0.386. The molecule has 0 spiro atoms. The van der Waals surface area contributed by atoms with Crippen molar-refractivity contribution in [2.24, 2.45) is 0 Å². The van der Waals surface area contributed by atoms with Crippen molar-refractivity contribution in [1.82, 2.24) is 9.88 Å². The molecule has 0 bridgehead atoms. The number of fused-ring (bicyclic) bond motifs is 1. The molecular weight excluding hydrogens is 348 g/mol. The van der Waals surface area contributed by atoms with Gasteiger partial charge in [-0.25, -0.2) is 9.78 Å². The third kappa shape index (κ3) is 4.03. The van der Waals surface area contributed by atoms with E-state index in [2.05, 4.69) is 16.0 Å². The van der Waals surface area contributed by atoms with Gasteiger partial charge in [0.1, 0.15) is 17.4 Å². The fraction of sp³-hybridized carbons (Fsp3) is 0.300. The summed E-state index contributed by atoms with van der Waals surface area (Å²) < 4.78 is 11.0. The number of ether oxygens (including phenoxy) is 2. The van der Waals surface area contributed by atoms with Gasteiger partial charge in [-0.15, -0.1) is 11.3 Å². The number of nitrogens with zero attached hydrogens (tertiary/aromatic N) is 2. The lowest BCUT2D eigenvalue weighted by atomic mass is 10.0. The van der Waals surface area contributed by atoms with Gasteiger partial charge in [0.05, 0.1) is 6.61 Å². The quantitative estimate of drug-likeness (QED) is 0.587. The number of likely N-dealkylation sites (N-methyl/N-ethyl adjacent to an activating group) is 1. The highest BCUT2D eigenvalue weighted by molar-refractivity contribution is 7.13. The zero-order valence-electron chi connectivity index (χ0n) is 15.2. The Labute approximate surface area is 157 Å². The minimum Gasteiger partial charge on any atom is -0.492 e. The van der Waals surface area contributed by atoms with Gasteiger partial charge in [0, 0.05) is 22.9 Å². The molecule has 1 heterocycles. The average molecular weight is 370 g/mol.